The number of amides is 2. The van der Waals surface area contributed by atoms with Gasteiger partial charge in [-0.15, -0.1) is 11.8 Å². The van der Waals surface area contributed by atoms with E-state index in [0.717, 1.165) is 5.56 Å². The van der Waals surface area contributed by atoms with Crippen molar-refractivity contribution in [1.29, 1.82) is 0 Å². The standard InChI is InChI=1S/C19H20N2O2S/c1-14-7-9-15(10-8-14)11-20-18(22)17-12-24-13-21(17)19(23)16-5-3-2-4-6-16/h2-10,17H,11-13H2,1H3,(H,20,22)/t17-/m0/s1. The maximum atomic E-state index is 12.6. The number of hydrogen-bond donors (Lipinski definition) is 1. The first kappa shape index (κ1) is 16.6. The normalized spacial score (nSPS) is 16.9. The Kier molecular flexibility index (Phi) is 5.20. The number of carbonyl (C=O) groups is 2. The van der Waals surface area contributed by atoms with Crippen LogP contribution >= 0.6 is 11.8 Å². The molecule has 1 aliphatic rings. The maximum absolute atomic E-state index is 12.6. The third-order valence-electron chi connectivity index (χ3n) is 4.05. The molecule has 1 heterocycles. The number of hydrogen-bond acceptors (Lipinski definition) is 3. The second kappa shape index (κ2) is 7.53. The van der Waals surface area contributed by atoms with Gasteiger partial charge in [-0.25, -0.2) is 0 Å². The maximum Gasteiger partial charge on any atom is 0.255 e. The number of nitrogens with one attached hydrogen (secondary N) is 1. The second-order valence-corrected chi connectivity index (χ2v) is 6.86. The van der Waals surface area contributed by atoms with E-state index in [9.17, 15) is 9.59 Å². The first-order valence-electron chi connectivity index (χ1n) is 7.92. The summed E-state index contributed by atoms with van der Waals surface area (Å²) in [5, 5.41) is 2.95. The predicted octanol–water partition coefficient (Wildman–Crippen LogP) is 2.83. The van der Waals surface area contributed by atoms with Gasteiger partial charge in [0.2, 0.25) is 5.91 Å². The number of rotatable bonds is 4. The number of benzene rings is 2. The summed E-state index contributed by atoms with van der Waals surface area (Å²) in [6.07, 6.45) is 0. The van der Waals surface area contributed by atoms with E-state index in [4.69, 9.17) is 0 Å². The average molecular weight is 340 g/mol. The van der Waals surface area contributed by atoms with E-state index >= 15 is 0 Å². The van der Waals surface area contributed by atoms with Crippen molar-refractivity contribution in [2.45, 2.75) is 19.5 Å². The SMILES string of the molecule is Cc1ccc(CNC(=O)[C@@H]2CSCN2C(=O)c2ccccc2)cc1. The van der Waals surface area contributed by atoms with Gasteiger partial charge in [-0.1, -0.05) is 48.0 Å². The van der Waals surface area contributed by atoms with E-state index in [1.54, 1.807) is 28.8 Å². The first-order valence-corrected chi connectivity index (χ1v) is 9.07. The van der Waals surface area contributed by atoms with Crippen LogP contribution in [-0.2, 0) is 11.3 Å². The minimum Gasteiger partial charge on any atom is -0.350 e. The minimum absolute atomic E-state index is 0.0870. The number of aryl methyl sites for hydroxylation is 1. The van der Waals surface area contributed by atoms with Gasteiger partial charge in [0.05, 0.1) is 5.88 Å². The van der Waals surface area contributed by atoms with Crippen molar-refractivity contribution < 1.29 is 9.59 Å². The molecule has 4 nitrogen and oxygen atoms in total. The molecule has 2 aromatic rings. The highest BCUT2D eigenvalue weighted by atomic mass is 32.2. The lowest BCUT2D eigenvalue weighted by molar-refractivity contribution is -0.124. The molecule has 0 saturated carbocycles. The van der Waals surface area contributed by atoms with Crippen LogP contribution in [0, 0.1) is 6.92 Å². The van der Waals surface area contributed by atoms with Crippen molar-refractivity contribution in [3.63, 3.8) is 0 Å². The van der Waals surface area contributed by atoms with E-state index in [1.165, 1.54) is 5.56 Å². The van der Waals surface area contributed by atoms with Crippen LogP contribution in [0.2, 0.25) is 0 Å². The van der Waals surface area contributed by atoms with Gasteiger partial charge in [-0.3, -0.25) is 9.59 Å². The number of carbonyl (C=O) groups excluding carboxylic acids is 2. The molecule has 1 N–H and O–H groups in total. The van der Waals surface area contributed by atoms with Gasteiger partial charge in [-0.05, 0) is 24.6 Å². The fraction of sp³-hybridized carbons (Fsp3) is 0.263. The Morgan fingerprint density at radius 2 is 1.83 bits per heavy atom. The zero-order valence-corrected chi connectivity index (χ0v) is 14.4. The molecule has 5 heteroatoms. The topological polar surface area (TPSA) is 49.4 Å². The van der Waals surface area contributed by atoms with Crippen molar-refractivity contribution in [2.75, 3.05) is 11.6 Å². The van der Waals surface area contributed by atoms with E-state index in [-0.39, 0.29) is 11.8 Å². The van der Waals surface area contributed by atoms with E-state index < -0.39 is 6.04 Å². The van der Waals surface area contributed by atoms with E-state index in [2.05, 4.69) is 5.32 Å². The Labute approximate surface area is 146 Å². The summed E-state index contributed by atoms with van der Waals surface area (Å²) in [6, 6.07) is 16.8. The molecule has 0 radical (unpaired) electrons. The fourth-order valence-corrected chi connectivity index (χ4v) is 3.77. The summed E-state index contributed by atoms with van der Waals surface area (Å²) in [4.78, 5) is 26.8. The zero-order valence-electron chi connectivity index (χ0n) is 13.6. The molecule has 1 fully saturated rings. The van der Waals surface area contributed by atoms with E-state index in [0.29, 0.717) is 23.7 Å². The summed E-state index contributed by atoms with van der Waals surface area (Å²) >= 11 is 1.61. The molecular formula is C19H20N2O2S. The summed E-state index contributed by atoms with van der Waals surface area (Å²) in [6.45, 7) is 2.51. The smallest absolute Gasteiger partial charge is 0.255 e. The van der Waals surface area contributed by atoms with Crippen LogP contribution in [0.4, 0.5) is 0 Å². The molecule has 1 atom stereocenters. The van der Waals surface area contributed by atoms with Gasteiger partial charge in [0.1, 0.15) is 6.04 Å². The third-order valence-corrected chi connectivity index (χ3v) is 5.07. The molecule has 0 aromatic heterocycles. The Morgan fingerprint density at radius 3 is 2.54 bits per heavy atom. The summed E-state index contributed by atoms with van der Waals surface area (Å²) in [7, 11) is 0. The first-order chi connectivity index (χ1) is 11.6. The molecule has 1 aliphatic heterocycles. The molecule has 0 bridgehead atoms. The highest BCUT2D eigenvalue weighted by molar-refractivity contribution is 7.99. The van der Waals surface area contributed by atoms with Crippen LogP contribution in [0.15, 0.2) is 54.6 Å². The van der Waals surface area contributed by atoms with Crippen LogP contribution < -0.4 is 5.32 Å². The number of thioether (sulfide) groups is 1. The minimum atomic E-state index is -0.409. The Hall–Kier alpha value is -2.27. The van der Waals surface area contributed by atoms with Crippen LogP contribution in [0.3, 0.4) is 0 Å². The van der Waals surface area contributed by atoms with Gasteiger partial charge in [0.25, 0.3) is 5.91 Å². The lowest BCUT2D eigenvalue weighted by Crippen LogP contribution is -2.47. The van der Waals surface area contributed by atoms with Crippen molar-refractivity contribution in [2.24, 2.45) is 0 Å². The Balaban J connectivity index is 1.63. The Morgan fingerprint density at radius 1 is 1.12 bits per heavy atom. The summed E-state index contributed by atoms with van der Waals surface area (Å²) in [5.41, 5.74) is 2.87. The molecule has 0 spiro atoms. The number of nitrogens with zero attached hydrogens (tertiary/aromatic N) is 1. The molecule has 0 unspecified atom stereocenters. The second-order valence-electron chi connectivity index (χ2n) is 5.86. The van der Waals surface area contributed by atoms with Gasteiger partial charge in [0.15, 0.2) is 0 Å². The molecule has 2 amide bonds. The van der Waals surface area contributed by atoms with Crippen molar-refractivity contribution >= 4 is 23.6 Å². The fourth-order valence-electron chi connectivity index (χ4n) is 2.62. The lowest BCUT2D eigenvalue weighted by Gasteiger charge is -2.23. The molecule has 2 aromatic carbocycles. The van der Waals surface area contributed by atoms with Crippen LogP contribution in [0.1, 0.15) is 21.5 Å². The van der Waals surface area contributed by atoms with Gasteiger partial charge < -0.3 is 10.2 Å². The quantitative estimate of drug-likeness (QED) is 0.931. The van der Waals surface area contributed by atoms with E-state index in [1.807, 2.05) is 49.4 Å². The predicted molar refractivity (Wildman–Crippen MR) is 96.8 cm³/mol. The molecule has 3 rings (SSSR count). The highest BCUT2D eigenvalue weighted by Gasteiger charge is 2.34. The Bertz CT molecular complexity index is 716. The lowest BCUT2D eigenvalue weighted by atomic mass is 10.1. The molecule has 1 saturated heterocycles. The molecular weight excluding hydrogens is 320 g/mol. The summed E-state index contributed by atoms with van der Waals surface area (Å²) in [5.74, 6) is 1.01. The van der Waals surface area contributed by atoms with Crippen molar-refractivity contribution in [1.82, 2.24) is 10.2 Å². The van der Waals surface area contributed by atoms with Gasteiger partial charge in [-0.2, -0.15) is 0 Å². The third kappa shape index (κ3) is 3.79. The molecule has 0 aliphatic carbocycles. The van der Waals surface area contributed by atoms with Crippen LogP contribution in [0.25, 0.3) is 0 Å². The average Bonchev–Trinajstić information content (AvgIpc) is 3.11. The molecule has 24 heavy (non-hydrogen) atoms. The highest BCUT2D eigenvalue weighted by Crippen LogP contribution is 2.23. The van der Waals surface area contributed by atoms with Crippen molar-refractivity contribution in [3.8, 4) is 0 Å². The molecule has 124 valence electrons. The van der Waals surface area contributed by atoms with Crippen LogP contribution in [0.5, 0.6) is 0 Å². The summed E-state index contributed by atoms with van der Waals surface area (Å²) < 4.78 is 0. The van der Waals surface area contributed by atoms with Gasteiger partial charge >= 0.3 is 0 Å². The zero-order chi connectivity index (χ0) is 16.9. The largest absolute Gasteiger partial charge is 0.350 e. The monoisotopic (exact) mass is 340 g/mol. The van der Waals surface area contributed by atoms with Gasteiger partial charge in [0, 0.05) is 17.9 Å². The van der Waals surface area contributed by atoms with Crippen LogP contribution in [-0.4, -0.2) is 34.4 Å². The van der Waals surface area contributed by atoms with Crippen molar-refractivity contribution in [3.05, 3.63) is 71.3 Å².